The van der Waals surface area contributed by atoms with Gasteiger partial charge in [-0.2, -0.15) is 5.26 Å². The summed E-state index contributed by atoms with van der Waals surface area (Å²) in [6, 6.07) is 13.1. The molecule has 0 atom stereocenters. The smallest absolute Gasteiger partial charge is 0.308 e. The lowest BCUT2D eigenvalue weighted by molar-refractivity contribution is -0.131. The Balaban J connectivity index is 2.25. The minimum atomic E-state index is -0.635. The van der Waals surface area contributed by atoms with Crippen LogP contribution in [0, 0.1) is 11.3 Å². The van der Waals surface area contributed by atoms with Crippen molar-refractivity contribution in [3.8, 4) is 11.8 Å². The zero-order chi connectivity index (χ0) is 18.4. The molecule has 0 saturated heterocycles. The van der Waals surface area contributed by atoms with Crippen molar-refractivity contribution in [3.05, 3.63) is 63.6 Å². The van der Waals surface area contributed by atoms with E-state index in [4.69, 9.17) is 27.9 Å². The van der Waals surface area contributed by atoms with E-state index in [0.717, 1.165) is 0 Å². The van der Waals surface area contributed by atoms with E-state index in [1.807, 2.05) is 6.07 Å². The number of carbonyl (C=O) groups excluding carboxylic acids is 2. The number of hydrogen-bond donors (Lipinski definition) is 1. The molecule has 0 bridgehead atoms. The Hall–Kier alpha value is -2.81. The van der Waals surface area contributed by atoms with E-state index in [1.165, 1.54) is 13.0 Å². The summed E-state index contributed by atoms with van der Waals surface area (Å²) >= 11 is 11.9. The molecule has 0 fully saturated rings. The maximum absolute atomic E-state index is 12.3. The minimum Gasteiger partial charge on any atom is -0.427 e. The van der Waals surface area contributed by atoms with Crippen LogP contribution in [0.2, 0.25) is 10.0 Å². The normalized spacial score (nSPS) is 10.7. The molecule has 0 aliphatic carbocycles. The number of nitrogens with zero attached hydrogens (tertiary/aromatic N) is 1. The molecule has 2 aromatic carbocycles. The quantitative estimate of drug-likeness (QED) is 0.370. The molecule has 0 aliphatic rings. The molecule has 126 valence electrons. The van der Waals surface area contributed by atoms with E-state index in [0.29, 0.717) is 17.0 Å². The van der Waals surface area contributed by atoms with Gasteiger partial charge in [-0.25, -0.2) is 0 Å². The van der Waals surface area contributed by atoms with E-state index >= 15 is 0 Å². The molecule has 0 heterocycles. The van der Waals surface area contributed by atoms with Crippen LogP contribution in [0.5, 0.6) is 5.75 Å². The molecule has 0 spiro atoms. The van der Waals surface area contributed by atoms with Crippen LogP contribution in [0.4, 0.5) is 5.69 Å². The van der Waals surface area contributed by atoms with Crippen LogP contribution in [0.1, 0.15) is 12.5 Å². The highest BCUT2D eigenvalue weighted by Crippen LogP contribution is 2.29. The van der Waals surface area contributed by atoms with Crippen LogP contribution in [-0.2, 0) is 9.59 Å². The average molecular weight is 375 g/mol. The fourth-order valence-corrected chi connectivity index (χ4v) is 2.29. The highest BCUT2D eigenvalue weighted by molar-refractivity contribution is 6.44. The Morgan fingerprint density at radius 2 is 1.92 bits per heavy atom. The van der Waals surface area contributed by atoms with Gasteiger partial charge in [-0.3, -0.25) is 9.59 Å². The number of hydrogen-bond acceptors (Lipinski definition) is 4. The Morgan fingerprint density at radius 1 is 1.20 bits per heavy atom. The molecule has 1 N–H and O–H groups in total. The SMILES string of the molecule is CC(=O)Oc1cccc(/C=C(\C#N)C(=O)Nc2cccc(Cl)c2Cl)c1. The van der Waals surface area contributed by atoms with E-state index in [9.17, 15) is 14.9 Å². The van der Waals surface area contributed by atoms with Crippen molar-refractivity contribution in [2.24, 2.45) is 0 Å². The van der Waals surface area contributed by atoms with E-state index in [-0.39, 0.29) is 15.6 Å². The molecule has 25 heavy (non-hydrogen) atoms. The van der Waals surface area contributed by atoms with Gasteiger partial charge in [0.15, 0.2) is 0 Å². The molecule has 0 aliphatic heterocycles. The van der Waals surface area contributed by atoms with Gasteiger partial charge in [0, 0.05) is 6.92 Å². The lowest BCUT2D eigenvalue weighted by atomic mass is 10.1. The molecular weight excluding hydrogens is 363 g/mol. The Morgan fingerprint density at radius 3 is 2.60 bits per heavy atom. The highest BCUT2D eigenvalue weighted by Gasteiger charge is 2.13. The summed E-state index contributed by atoms with van der Waals surface area (Å²) in [6.07, 6.45) is 1.38. The fourth-order valence-electron chi connectivity index (χ4n) is 1.94. The van der Waals surface area contributed by atoms with Crippen molar-refractivity contribution in [1.82, 2.24) is 0 Å². The third-order valence-corrected chi connectivity index (χ3v) is 3.81. The van der Waals surface area contributed by atoms with Gasteiger partial charge in [0.2, 0.25) is 0 Å². The van der Waals surface area contributed by atoms with E-state index in [2.05, 4.69) is 5.32 Å². The van der Waals surface area contributed by atoms with Gasteiger partial charge in [0.05, 0.1) is 15.7 Å². The van der Waals surface area contributed by atoms with Crippen molar-refractivity contribution in [2.45, 2.75) is 6.92 Å². The minimum absolute atomic E-state index is 0.143. The Bertz CT molecular complexity index is 901. The van der Waals surface area contributed by atoms with Gasteiger partial charge in [-0.15, -0.1) is 0 Å². The molecule has 0 radical (unpaired) electrons. The first kappa shape index (κ1) is 18.5. The molecule has 5 nitrogen and oxygen atoms in total. The van der Waals surface area contributed by atoms with Crippen LogP contribution < -0.4 is 10.1 Å². The summed E-state index contributed by atoms with van der Waals surface area (Å²) in [5.41, 5.74) is 0.688. The maximum Gasteiger partial charge on any atom is 0.308 e. The van der Waals surface area contributed by atoms with Crippen LogP contribution in [0.25, 0.3) is 6.08 Å². The molecular formula is C18H12Cl2N2O3. The molecule has 1 amide bonds. The van der Waals surface area contributed by atoms with Gasteiger partial charge in [-0.1, -0.05) is 41.4 Å². The first-order valence-electron chi connectivity index (χ1n) is 7.06. The monoisotopic (exact) mass is 374 g/mol. The summed E-state index contributed by atoms with van der Waals surface area (Å²) in [4.78, 5) is 23.3. The molecule has 0 saturated carbocycles. The van der Waals surface area contributed by atoms with Crippen LogP contribution >= 0.6 is 23.2 Å². The number of nitriles is 1. The van der Waals surface area contributed by atoms with Gasteiger partial charge < -0.3 is 10.1 Å². The molecule has 2 rings (SSSR count). The van der Waals surface area contributed by atoms with Gasteiger partial charge in [0.25, 0.3) is 5.91 Å². The predicted molar refractivity (Wildman–Crippen MR) is 96.4 cm³/mol. The lowest BCUT2D eigenvalue weighted by Crippen LogP contribution is -2.13. The second-order valence-electron chi connectivity index (χ2n) is 4.89. The number of ether oxygens (including phenoxy) is 1. The predicted octanol–water partition coefficient (Wildman–Crippen LogP) is 4.46. The molecule has 2 aromatic rings. The number of carbonyl (C=O) groups is 2. The van der Waals surface area contributed by atoms with Crippen LogP contribution in [0.15, 0.2) is 48.0 Å². The maximum atomic E-state index is 12.3. The number of anilines is 1. The number of halogens is 2. The first-order valence-corrected chi connectivity index (χ1v) is 7.82. The van der Waals surface area contributed by atoms with Crippen molar-refractivity contribution >= 4 is 46.8 Å². The number of rotatable bonds is 4. The highest BCUT2D eigenvalue weighted by atomic mass is 35.5. The van der Waals surface area contributed by atoms with Crippen molar-refractivity contribution in [3.63, 3.8) is 0 Å². The van der Waals surface area contributed by atoms with Crippen molar-refractivity contribution in [1.29, 1.82) is 5.26 Å². The van der Waals surface area contributed by atoms with Crippen LogP contribution in [0.3, 0.4) is 0 Å². The topological polar surface area (TPSA) is 79.2 Å². The number of nitrogens with one attached hydrogen (secondary N) is 1. The molecule has 7 heteroatoms. The lowest BCUT2D eigenvalue weighted by Gasteiger charge is -2.07. The summed E-state index contributed by atoms with van der Waals surface area (Å²) < 4.78 is 4.97. The van der Waals surface area contributed by atoms with Gasteiger partial charge >= 0.3 is 5.97 Å². The van der Waals surface area contributed by atoms with Crippen molar-refractivity contribution in [2.75, 3.05) is 5.32 Å². The average Bonchev–Trinajstić information content (AvgIpc) is 2.56. The molecule has 0 unspecified atom stereocenters. The Kier molecular flexibility index (Phi) is 6.18. The summed E-state index contributed by atoms with van der Waals surface area (Å²) in [5, 5.41) is 12.3. The van der Waals surface area contributed by atoms with Crippen LogP contribution in [-0.4, -0.2) is 11.9 Å². The third-order valence-electron chi connectivity index (χ3n) is 3.00. The fraction of sp³-hybridized carbons (Fsp3) is 0.0556. The van der Waals surface area contributed by atoms with E-state index < -0.39 is 11.9 Å². The third kappa shape index (κ3) is 5.08. The van der Waals surface area contributed by atoms with Crippen molar-refractivity contribution < 1.29 is 14.3 Å². The largest absolute Gasteiger partial charge is 0.427 e. The molecule has 0 aromatic heterocycles. The second-order valence-corrected chi connectivity index (χ2v) is 5.68. The second kappa shape index (κ2) is 8.34. The van der Waals surface area contributed by atoms with Gasteiger partial charge in [0.1, 0.15) is 17.4 Å². The number of amides is 1. The zero-order valence-electron chi connectivity index (χ0n) is 13.0. The Labute approximate surface area is 154 Å². The summed E-state index contributed by atoms with van der Waals surface area (Å²) in [6.45, 7) is 1.28. The number of benzene rings is 2. The number of esters is 1. The van der Waals surface area contributed by atoms with E-state index in [1.54, 1.807) is 42.5 Å². The zero-order valence-corrected chi connectivity index (χ0v) is 14.6. The summed E-state index contributed by atoms with van der Waals surface area (Å²) in [7, 11) is 0. The summed E-state index contributed by atoms with van der Waals surface area (Å²) in [5.74, 6) is -0.781. The van der Waals surface area contributed by atoms with Gasteiger partial charge in [-0.05, 0) is 35.9 Å². The first-order chi connectivity index (χ1) is 11.9. The standard InChI is InChI=1S/C18H12Cl2N2O3/c1-11(23)25-14-5-2-4-12(9-14)8-13(10-21)18(24)22-16-7-3-6-15(19)17(16)20/h2-9H,1H3,(H,22,24)/b13-8+.